The molecule has 4 aliphatic carbocycles. The Morgan fingerprint density at radius 1 is 0.655 bits per heavy atom. The van der Waals surface area contributed by atoms with E-state index >= 15 is 0 Å². The van der Waals surface area contributed by atoms with Crippen LogP contribution in [0.4, 0.5) is 0 Å². The van der Waals surface area contributed by atoms with Gasteiger partial charge in [-0.15, -0.1) is 0 Å². The zero-order valence-corrected chi connectivity index (χ0v) is 17.1. The fraction of sp³-hybridized carbons (Fsp3) is 0.826. The molecule has 6 heteroatoms. The molecular formula is C23H32O6. The van der Waals surface area contributed by atoms with Crippen molar-refractivity contribution < 1.29 is 28.5 Å². The quantitative estimate of drug-likeness (QED) is 0.445. The Morgan fingerprint density at radius 2 is 0.966 bits per heavy atom. The van der Waals surface area contributed by atoms with E-state index < -0.39 is 17.7 Å². The van der Waals surface area contributed by atoms with E-state index in [2.05, 4.69) is 0 Å². The van der Waals surface area contributed by atoms with E-state index in [0.29, 0.717) is 23.7 Å². The summed E-state index contributed by atoms with van der Waals surface area (Å²) in [5.74, 6) is -2.06. The van der Waals surface area contributed by atoms with E-state index in [-0.39, 0.29) is 12.2 Å². The van der Waals surface area contributed by atoms with Gasteiger partial charge in [0.2, 0.25) is 0 Å². The SMILES string of the molecule is O=C(OC(C1CCC1)C1CCC1)C1(C(=O)OC(C2CCC2)C2CCC2)OC=CO1. The summed E-state index contributed by atoms with van der Waals surface area (Å²) in [6, 6.07) is 0. The van der Waals surface area contributed by atoms with Crippen molar-refractivity contribution >= 4 is 11.9 Å². The first-order valence-corrected chi connectivity index (χ1v) is 11.6. The lowest BCUT2D eigenvalue weighted by Gasteiger charge is -2.43. The number of rotatable bonds is 8. The highest BCUT2D eigenvalue weighted by atomic mass is 16.8. The predicted molar refractivity (Wildman–Crippen MR) is 103 cm³/mol. The van der Waals surface area contributed by atoms with Gasteiger partial charge in [0.1, 0.15) is 24.7 Å². The van der Waals surface area contributed by atoms with Crippen LogP contribution >= 0.6 is 0 Å². The number of carbonyl (C=O) groups is 2. The van der Waals surface area contributed by atoms with Gasteiger partial charge in [-0.1, -0.05) is 25.7 Å². The molecule has 0 atom stereocenters. The van der Waals surface area contributed by atoms with Gasteiger partial charge in [0, 0.05) is 0 Å². The average Bonchev–Trinajstić information content (AvgIpc) is 2.98. The molecule has 0 radical (unpaired) electrons. The van der Waals surface area contributed by atoms with Crippen LogP contribution < -0.4 is 0 Å². The van der Waals surface area contributed by atoms with Crippen LogP contribution in [0.15, 0.2) is 12.5 Å². The van der Waals surface area contributed by atoms with E-state index in [9.17, 15) is 9.59 Å². The second kappa shape index (κ2) is 7.84. The standard InChI is InChI=1S/C23H32O6/c24-21(28-19(15-5-1-6-15)16-7-2-8-16)23(26-13-14-27-23)22(25)29-20(17-9-3-10-17)18-11-4-12-18/h13-20H,1-12H2. The zero-order chi connectivity index (χ0) is 19.8. The maximum atomic E-state index is 13.2. The molecule has 29 heavy (non-hydrogen) atoms. The lowest BCUT2D eigenvalue weighted by Crippen LogP contribution is -2.55. The molecule has 5 rings (SSSR count). The first-order chi connectivity index (χ1) is 14.2. The number of hydrogen-bond donors (Lipinski definition) is 0. The highest BCUT2D eigenvalue weighted by molar-refractivity contribution is 6.02. The summed E-state index contributed by atoms with van der Waals surface area (Å²) in [5.41, 5.74) is 0. The first-order valence-electron chi connectivity index (χ1n) is 11.6. The molecule has 1 aliphatic heterocycles. The van der Waals surface area contributed by atoms with Crippen molar-refractivity contribution in [2.75, 3.05) is 0 Å². The van der Waals surface area contributed by atoms with Crippen LogP contribution in [0, 0.1) is 23.7 Å². The van der Waals surface area contributed by atoms with Crippen LogP contribution in [0.2, 0.25) is 0 Å². The molecule has 0 aromatic rings. The van der Waals surface area contributed by atoms with Crippen molar-refractivity contribution in [1.29, 1.82) is 0 Å². The maximum Gasteiger partial charge on any atom is 0.452 e. The summed E-state index contributed by atoms with van der Waals surface area (Å²) >= 11 is 0. The molecule has 5 aliphatic rings. The predicted octanol–water partition coefficient (Wildman–Crippen LogP) is 4.22. The van der Waals surface area contributed by atoms with Crippen LogP contribution in [0.5, 0.6) is 0 Å². The molecule has 160 valence electrons. The summed E-state index contributed by atoms with van der Waals surface area (Å²) < 4.78 is 22.7. The van der Waals surface area contributed by atoms with Gasteiger partial charge in [-0.2, -0.15) is 0 Å². The Kier molecular flexibility index (Phi) is 5.21. The third kappa shape index (κ3) is 3.42. The Hall–Kier alpha value is -1.72. The summed E-state index contributed by atoms with van der Waals surface area (Å²) in [5, 5.41) is 0. The van der Waals surface area contributed by atoms with Crippen molar-refractivity contribution in [2.45, 2.75) is 95.0 Å². The Bertz CT molecular complexity index is 572. The third-order valence-electron chi connectivity index (χ3n) is 8.01. The van der Waals surface area contributed by atoms with E-state index in [1.165, 1.54) is 38.2 Å². The maximum absolute atomic E-state index is 13.2. The molecule has 1 heterocycles. The lowest BCUT2D eigenvalue weighted by molar-refractivity contribution is -0.232. The van der Waals surface area contributed by atoms with Crippen molar-refractivity contribution in [3.8, 4) is 0 Å². The molecule has 0 bridgehead atoms. The minimum atomic E-state index is -2.13. The minimum Gasteiger partial charge on any atom is -0.456 e. The fourth-order valence-corrected chi connectivity index (χ4v) is 5.18. The van der Waals surface area contributed by atoms with E-state index in [1.54, 1.807) is 0 Å². The smallest absolute Gasteiger partial charge is 0.452 e. The fourth-order valence-electron chi connectivity index (χ4n) is 5.18. The molecule has 0 N–H and O–H groups in total. The summed E-state index contributed by atoms with van der Waals surface area (Å²) in [7, 11) is 0. The topological polar surface area (TPSA) is 71.1 Å². The Morgan fingerprint density at radius 3 is 1.21 bits per heavy atom. The molecule has 0 spiro atoms. The average molecular weight is 405 g/mol. The van der Waals surface area contributed by atoms with Crippen molar-refractivity contribution in [2.24, 2.45) is 23.7 Å². The molecule has 4 saturated carbocycles. The van der Waals surface area contributed by atoms with E-state index in [4.69, 9.17) is 18.9 Å². The molecule has 0 saturated heterocycles. The highest BCUT2D eigenvalue weighted by Crippen LogP contribution is 2.44. The summed E-state index contributed by atoms with van der Waals surface area (Å²) in [6.07, 6.45) is 15.6. The molecule has 0 aromatic heterocycles. The molecule has 4 fully saturated rings. The second-order valence-corrected chi connectivity index (χ2v) is 9.63. The first kappa shape index (κ1) is 19.3. The number of esters is 2. The largest absolute Gasteiger partial charge is 0.456 e. The van der Waals surface area contributed by atoms with Crippen LogP contribution in [0.25, 0.3) is 0 Å². The normalized spacial score (nSPS) is 26.7. The van der Waals surface area contributed by atoms with Gasteiger partial charge in [0.25, 0.3) is 0 Å². The second-order valence-electron chi connectivity index (χ2n) is 9.63. The molecule has 6 nitrogen and oxygen atoms in total. The number of hydrogen-bond acceptors (Lipinski definition) is 6. The summed E-state index contributed by atoms with van der Waals surface area (Å²) in [6.45, 7) is 0. The summed E-state index contributed by atoms with van der Waals surface area (Å²) in [4.78, 5) is 26.4. The molecule has 0 unspecified atom stereocenters. The highest BCUT2D eigenvalue weighted by Gasteiger charge is 2.59. The molecule has 0 amide bonds. The zero-order valence-electron chi connectivity index (χ0n) is 17.1. The number of ether oxygens (including phenoxy) is 4. The van der Waals surface area contributed by atoms with Crippen molar-refractivity contribution in [1.82, 2.24) is 0 Å². The van der Waals surface area contributed by atoms with Crippen LogP contribution in [-0.4, -0.2) is 29.9 Å². The van der Waals surface area contributed by atoms with Crippen LogP contribution in [-0.2, 0) is 28.5 Å². The molecular weight excluding hydrogens is 372 g/mol. The van der Waals surface area contributed by atoms with Gasteiger partial charge in [0.15, 0.2) is 0 Å². The van der Waals surface area contributed by atoms with Gasteiger partial charge in [-0.25, -0.2) is 9.59 Å². The minimum absolute atomic E-state index is 0.142. The van der Waals surface area contributed by atoms with Crippen molar-refractivity contribution in [3.05, 3.63) is 12.5 Å². The van der Waals surface area contributed by atoms with Gasteiger partial charge in [0.05, 0.1) is 0 Å². The Balaban J connectivity index is 1.29. The van der Waals surface area contributed by atoms with E-state index in [1.807, 2.05) is 0 Å². The lowest BCUT2D eigenvalue weighted by atomic mass is 9.70. The van der Waals surface area contributed by atoms with Gasteiger partial charge < -0.3 is 18.9 Å². The number of carbonyl (C=O) groups excluding carboxylic acids is 2. The van der Waals surface area contributed by atoms with Gasteiger partial charge >= 0.3 is 17.7 Å². The van der Waals surface area contributed by atoms with Crippen LogP contribution in [0.1, 0.15) is 77.0 Å². The van der Waals surface area contributed by atoms with Gasteiger partial charge in [-0.05, 0) is 75.0 Å². The Labute approximate surface area is 172 Å². The third-order valence-corrected chi connectivity index (χ3v) is 8.01. The van der Waals surface area contributed by atoms with Crippen molar-refractivity contribution in [3.63, 3.8) is 0 Å². The van der Waals surface area contributed by atoms with Gasteiger partial charge in [-0.3, -0.25) is 0 Å². The van der Waals surface area contributed by atoms with Crippen LogP contribution in [0.3, 0.4) is 0 Å². The molecule has 0 aromatic carbocycles. The van der Waals surface area contributed by atoms with E-state index in [0.717, 1.165) is 51.4 Å². The monoisotopic (exact) mass is 404 g/mol.